The minimum atomic E-state index is -0.375. The third-order valence-electron chi connectivity index (χ3n) is 4.41. The Bertz CT molecular complexity index is 1040. The fraction of sp³-hybridized carbons (Fsp3) is 0.286. The van der Waals surface area contributed by atoms with Gasteiger partial charge in [0.25, 0.3) is 11.5 Å². The molecule has 140 valence electrons. The molecule has 0 atom stereocenters. The molecule has 6 heteroatoms. The molecule has 1 amide bonds. The number of nitrogens with zero attached hydrogens (tertiary/aromatic N) is 2. The number of nitrogens with one attached hydrogen (secondary N) is 1. The number of methoxy groups -OCH3 is 1. The Kier molecular flexibility index (Phi) is 5.54. The van der Waals surface area contributed by atoms with Crippen molar-refractivity contribution in [2.24, 2.45) is 0 Å². The average molecular weight is 365 g/mol. The fourth-order valence-corrected chi connectivity index (χ4v) is 2.96. The van der Waals surface area contributed by atoms with Gasteiger partial charge in [0.15, 0.2) is 5.69 Å². The number of aryl methyl sites for hydroxylation is 2. The number of rotatable bonds is 6. The molecule has 6 nitrogen and oxygen atoms in total. The highest BCUT2D eigenvalue weighted by atomic mass is 16.5. The molecule has 2 aromatic carbocycles. The zero-order chi connectivity index (χ0) is 19.4. The summed E-state index contributed by atoms with van der Waals surface area (Å²) in [6.45, 7) is 4.46. The molecule has 3 aromatic rings. The number of aromatic nitrogens is 2. The molecule has 1 heterocycles. The maximum Gasteiger partial charge on any atom is 0.276 e. The molecule has 0 aliphatic carbocycles. The molecule has 0 saturated heterocycles. The third kappa shape index (κ3) is 3.84. The van der Waals surface area contributed by atoms with Gasteiger partial charge in [-0.3, -0.25) is 9.59 Å². The Labute approximate surface area is 157 Å². The van der Waals surface area contributed by atoms with E-state index in [1.807, 2.05) is 26.0 Å². The van der Waals surface area contributed by atoms with Crippen LogP contribution in [0, 0.1) is 6.92 Å². The summed E-state index contributed by atoms with van der Waals surface area (Å²) in [6, 6.07) is 12.6. The topological polar surface area (TPSA) is 73.2 Å². The molecule has 3 rings (SSSR count). The maximum atomic E-state index is 13.0. The monoisotopic (exact) mass is 365 g/mol. The lowest BCUT2D eigenvalue weighted by atomic mass is 10.1. The number of anilines is 1. The van der Waals surface area contributed by atoms with E-state index in [0.717, 1.165) is 18.4 Å². The van der Waals surface area contributed by atoms with Crippen molar-refractivity contribution in [3.05, 3.63) is 64.1 Å². The highest BCUT2D eigenvalue weighted by Crippen LogP contribution is 2.26. The second kappa shape index (κ2) is 8.03. The molecular weight excluding hydrogens is 342 g/mol. The number of hydrogen-bond acceptors (Lipinski definition) is 4. The largest absolute Gasteiger partial charge is 0.495 e. The lowest BCUT2D eigenvalue weighted by Crippen LogP contribution is -2.27. The van der Waals surface area contributed by atoms with Crippen LogP contribution in [0.3, 0.4) is 0 Å². The Hall–Kier alpha value is -3.15. The van der Waals surface area contributed by atoms with Crippen LogP contribution in [0.1, 0.15) is 35.8 Å². The summed E-state index contributed by atoms with van der Waals surface area (Å²) in [6.07, 6.45) is 1.75. The van der Waals surface area contributed by atoms with Crippen LogP contribution in [-0.2, 0) is 6.54 Å². The molecule has 0 aliphatic heterocycles. The van der Waals surface area contributed by atoms with Gasteiger partial charge in [-0.05, 0) is 37.1 Å². The molecule has 27 heavy (non-hydrogen) atoms. The Balaban J connectivity index is 2.07. The van der Waals surface area contributed by atoms with E-state index < -0.39 is 0 Å². The van der Waals surface area contributed by atoms with Gasteiger partial charge in [-0.1, -0.05) is 37.6 Å². The van der Waals surface area contributed by atoms with E-state index >= 15 is 0 Å². The summed E-state index contributed by atoms with van der Waals surface area (Å²) < 4.78 is 6.71. The SMILES string of the molecule is CCCCn1nc(C(=O)Nc2cc(C)ccc2OC)c2ccccc2c1=O. The van der Waals surface area contributed by atoms with E-state index in [2.05, 4.69) is 10.4 Å². The van der Waals surface area contributed by atoms with Gasteiger partial charge in [0, 0.05) is 11.9 Å². The second-order valence-corrected chi connectivity index (χ2v) is 6.43. The first-order valence-corrected chi connectivity index (χ1v) is 9.01. The van der Waals surface area contributed by atoms with Gasteiger partial charge in [-0.2, -0.15) is 5.10 Å². The van der Waals surface area contributed by atoms with Crippen molar-refractivity contribution >= 4 is 22.4 Å². The van der Waals surface area contributed by atoms with Gasteiger partial charge >= 0.3 is 0 Å². The van der Waals surface area contributed by atoms with Crippen molar-refractivity contribution in [3.8, 4) is 5.75 Å². The van der Waals surface area contributed by atoms with Gasteiger partial charge in [-0.25, -0.2) is 4.68 Å². The number of fused-ring (bicyclic) bond motifs is 1. The van der Waals surface area contributed by atoms with Crippen LogP contribution in [0.5, 0.6) is 5.75 Å². The predicted molar refractivity (Wildman–Crippen MR) is 107 cm³/mol. The number of benzene rings is 2. The number of amides is 1. The van der Waals surface area contributed by atoms with Gasteiger partial charge in [0.1, 0.15) is 5.75 Å². The third-order valence-corrected chi connectivity index (χ3v) is 4.41. The summed E-state index contributed by atoms with van der Waals surface area (Å²) in [7, 11) is 1.55. The first-order valence-electron chi connectivity index (χ1n) is 9.01. The van der Waals surface area contributed by atoms with Crippen LogP contribution < -0.4 is 15.6 Å². The van der Waals surface area contributed by atoms with Crippen molar-refractivity contribution in [3.63, 3.8) is 0 Å². The second-order valence-electron chi connectivity index (χ2n) is 6.43. The number of hydrogen-bond donors (Lipinski definition) is 1. The van der Waals surface area contributed by atoms with E-state index in [9.17, 15) is 9.59 Å². The summed E-state index contributed by atoms with van der Waals surface area (Å²) in [5.74, 6) is 0.193. The summed E-state index contributed by atoms with van der Waals surface area (Å²) in [5.41, 5.74) is 1.62. The minimum Gasteiger partial charge on any atom is -0.495 e. The highest BCUT2D eigenvalue weighted by molar-refractivity contribution is 6.11. The first kappa shape index (κ1) is 18.6. The van der Waals surface area contributed by atoms with Gasteiger partial charge in [0.05, 0.1) is 18.2 Å². The molecule has 0 unspecified atom stereocenters. The van der Waals surface area contributed by atoms with Gasteiger partial charge < -0.3 is 10.1 Å². The average Bonchev–Trinajstić information content (AvgIpc) is 2.68. The molecule has 0 saturated carbocycles. The molecule has 0 spiro atoms. The molecule has 0 aliphatic rings. The fourth-order valence-electron chi connectivity index (χ4n) is 2.96. The smallest absolute Gasteiger partial charge is 0.276 e. The Morgan fingerprint density at radius 2 is 1.93 bits per heavy atom. The zero-order valence-corrected chi connectivity index (χ0v) is 15.8. The predicted octanol–water partition coefficient (Wildman–Crippen LogP) is 3.77. The number of carbonyl (C=O) groups is 1. The zero-order valence-electron chi connectivity index (χ0n) is 15.8. The van der Waals surface area contributed by atoms with Crippen LogP contribution in [-0.4, -0.2) is 22.8 Å². The van der Waals surface area contributed by atoms with Gasteiger partial charge in [0.2, 0.25) is 0 Å². The molecule has 0 bridgehead atoms. The van der Waals surface area contributed by atoms with Crippen LogP contribution in [0.4, 0.5) is 5.69 Å². The minimum absolute atomic E-state index is 0.177. The van der Waals surface area contributed by atoms with Crippen molar-refractivity contribution in [1.82, 2.24) is 9.78 Å². The van der Waals surface area contributed by atoms with Crippen LogP contribution in [0.25, 0.3) is 10.8 Å². The standard InChI is InChI=1S/C21H23N3O3/c1-4-5-12-24-21(26)16-9-7-6-8-15(16)19(23-24)20(25)22-17-13-14(2)10-11-18(17)27-3/h6-11,13H,4-5,12H2,1-3H3,(H,22,25). The Morgan fingerprint density at radius 1 is 1.19 bits per heavy atom. The van der Waals surface area contributed by atoms with E-state index in [4.69, 9.17) is 4.74 Å². The van der Waals surface area contributed by atoms with Crippen molar-refractivity contribution in [2.75, 3.05) is 12.4 Å². The van der Waals surface area contributed by atoms with Crippen molar-refractivity contribution in [2.45, 2.75) is 33.2 Å². The van der Waals surface area contributed by atoms with Gasteiger partial charge in [-0.15, -0.1) is 0 Å². The molecule has 0 radical (unpaired) electrons. The van der Waals surface area contributed by atoms with Crippen LogP contribution in [0.2, 0.25) is 0 Å². The summed E-state index contributed by atoms with van der Waals surface area (Å²) >= 11 is 0. The van der Waals surface area contributed by atoms with Crippen molar-refractivity contribution < 1.29 is 9.53 Å². The molecule has 1 N–H and O–H groups in total. The highest BCUT2D eigenvalue weighted by Gasteiger charge is 2.18. The molecule has 1 aromatic heterocycles. The molecule has 0 fully saturated rings. The summed E-state index contributed by atoms with van der Waals surface area (Å²) in [4.78, 5) is 25.7. The van der Waals surface area contributed by atoms with Crippen LogP contribution >= 0.6 is 0 Å². The number of carbonyl (C=O) groups excluding carboxylic acids is 1. The quantitative estimate of drug-likeness (QED) is 0.722. The van der Waals surface area contributed by atoms with E-state index in [0.29, 0.717) is 28.8 Å². The summed E-state index contributed by atoms with van der Waals surface area (Å²) in [5, 5.41) is 8.27. The lowest BCUT2D eigenvalue weighted by Gasteiger charge is -2.13. The number of ether oxygens (including phenoxy) is 1. The molecular formula is C21H23N3O3. The van der Waals surface area contributed by atoms with E-state index in [1.165, 1.54) is 4.68 Å². The van der Waals surface area contributed by atoms with E-state index in [1.54, 1.807) is 37.4 Å². The van der Waals surface area contributed by atoms with Crippen LogP contribution in [0.15, 0.2) is 47.3 Å². The first-order chi connectivity index (χ1) is 13.0. The number of unbranched alkanes of at least 4 members (excludes halogenated alkanes) is 1. The van der Waals surface area contributed by atoms with Crippen molar-refractivity contribution in [1.29, 1.82) is 0 Å². The lowest BCUT2D eigenvalue weighted by molar-refractivity contribution is 0.102. The normalized spacial score (nSPS) is 10.8. The maximum absolute atomic E-state index is 13.0. The Morgan fingerprint density at radius 3 is 2.63 bits per heavy atom. The van der Waals surface area contributed by atoms with E-state index in [-0.39, 0.29) is 17.2 Å².